The molecule has 2 N–H and O–H groups in total. The maximum Gasteiger partial charge on any atom is 0.512 e. The number of benzene rings is 1. The second-order valence-corrected chi connectivity index (χ2v) is 9.00. The molecule has 0 aliphatic carbocycles. The minimum Gasteiger partial charge on any atom is -0.312 e. The third-order valence-corrected chi connectivity index (χ3v) is 7.63. The Morgan fingerprint density at radius 2 is 1.19 bits per heavy atom. The highest BCUT2D eigenvalue weighted by molar-refractivity contribution is 8.04. The van der Waals surface area contributed by atoms with Gasteiger partial charge in [0.2, 0.25) is 5.82 Å². The summed E-state index contributed by atoms with van der Waals surface area (Å²) >= 11 is 0. The molecule has 0 aliphatic heterocycles. The van der Waals surface area contributed by atoms with E-state index in [1.54, 1.807) is 0 Å². The molecule has 27 heavy (non-hydrogen) atoms. The molecule has 16 heteroatoms. The van der Waals surface area contributed by atoms with E-state index in [9.17, 15) is 52.0 Å². The van der Waals surface area contributed by atoms with E-state index in [0.717, 1.165) is 6.92 Å². The maximum atomic E-state index is 13.8. The number of sulfonamides is 2. The highest BCUT2D eigenvalue weighted by atomic mass is 32.3. The molecule has 0 spiro atoms. The van der Waals surface area contributed by atoms with Crippen LogP contribution in [0, 0.1) is 29.1 Å². The first kappa shape index (κ1) is 23.5. The molecule has 1 unspecified atom stereocenters. The van der Waals surface area contributed by atoms with Crippen LogP contribution in [0.3, 0.4) is 0 Å². The Bertz CT molecular complexity index is 944. The van der Waals surface area contributed by atoms with Crippen LogP contribution in [0.1, 0.15) is 20.3 Å². The zero-order valence-electron chi connectivity index (χ0n) is 13.2. The van der Waals surface area contributed by atoms with Gasteiger partial charge >= 0.3 is 15.5 Å². The van der Waals surface area contributed by atoms with Gasteiger partial charge in [-0.15, -0.1) is 0 Å². The molecule has 0 radical (unpaired) electrons. The molecule has 0 aliphatic rings. The molecule has 0 saturated carbocycles. The van der Waals surface area contributed by atoms with Crippen molar-refractivity contribution in [1.82, 2.24) is 3.71 Å². The van der Waals surface area contributed by atoms with Gasteiger partial charge in [-0.25, -0.2) is 38.8 Å². The van der Waals surface area contributed by atoms with Crippen molar-refractivity contribution < 1.29 is 52.0 Å². The fraction of sp³-hybridized carbons (Fsp3) is 0.455. The van der Waals surface area contributed by atoms with Crippen molar-refractivity contribution in [3.63, 3.8) is 0 Å². The number of nitrogens with two attached hydrogens (primary N) is 1. The van der Waals surface area contributed by atoms with Crippen LogP contribution in [0.2, 0.25) is 0 Å². The summed E-state index contributed by atoms with van der Waals surface area (Å²) in [4.78, 5) is -2.79. The fourth-order valence-electron chi connectivity index (χ4n) is 1.80. The summed E-state index contributed by atoms with van der Waals surface area (Å²) in [6.45, 7) is 1.34. The largest absolute Gasteiger partial charge is 0.512 e. The van der Waals surface area contributed by atoms with Crippen LogP contribution in [-0.4, -0.2) is 31.7 Å². The summed E-state index contributed by atoms with van der Waals surface area (Å²) in [5, 5.41) is 0. The van der Waals surface area contributed by atoms with Gasteiger partial charge in [0.15, 0.2) is 28.2 Å². The average molecular weight is 450 g/mol. The second-order valence-electron chi connectivity index (χ2n) is 5.26. The minimum absolute atomic E-state index is 0.430. The van der Waals surface area contributed by atoms with Crippen LogP contribution < -0.4 is 5.73 Å². The molecule has 1 aromatic rings. The van der Waals surface area contributed by atoms with Crippen molar-refractivity contribution in [3.8, 4) is 0 Å². The number of nitrogens with zero attached hydrogens (tertiary/aromatic N) is 1. The quantitative estimate of drug-likeness (QED) is 0.321. The van der Waals surface area contributed by atoms with Crippen molar-refractivity contribution >= 4 is 20.0 Å². The minimum atomic E-state index is -6.94. The van der Waals surface area contributed by atoms with Crippen LogP contribution in [0.5, 0.6) is 0 Å². The smallest absolute Gasteiger partial charge is 0.312 e. The summed E-state index contributed by atoms with van der Waals surface area (Å²) < 4.78 is 152. The lowest BCUT2D eigenvalue weighted by Crippen LogP contribution is -2.61. The average Bonchev–Trinajstić information content (AvgIpc) is 2.48. The lowest BCUT2D eigenvalue weighted by atomic mass is 10.2. The zero-order valence-corrected chi connectivity index (χ0v) is 14.8. The Labute approximate surface area is 147 Å². The van der Waals surface area contributed by atoms with E-state index in [1.165, 1.54) is 0 Å². The van der Waals surface area contributed by atoms with E-state index in [-0.39, 0.29) is 0 Å². The van der Waals surface area contributed by atoms with Gasteiger partial charge in [0.1, 0.15) is 0 Å². The zero-order chi connectivity index (χ0) is 21.7. The lowest BCUT2D eigenvalue weighted by molar-refractivity contribution is -0.0489. The van der Waals surface area contributed by atoms with Crippen LogP contribution in [0.25, 0.3) is 0 Å². The van der Waals surface area contributed by atoms with Gasteiger partial charge in [0, 0.05) is 0 Å². The summed E-state index contributed by atoms with van der Waals surface area (Å²) in [6, 6.07) is 0. The lowest BCUT2D eigenvalue weighted by Gasteiger charge is -2.35. The highest BCUT2D eigenvalue weighted by Crippen LogP contribution is 2.38. The van der Waals surface area contributed by atoms with Crippen molar-refractivity contribution in [2.24, 2.45) is 5.73 Å². The van der Waals surface area contributed by atoms with Crippen LogP contribution in [-0.2, 0) is 20.0 Å². The van der Waals surface area contributed by atoms with Crippen molar-refractivity contribution in [1.29, 1.82) is 0 Å². The van der Waals surface area contributed by atoms with Gasteiger partial charge in [-0.05, 0) is 13.3 Å². The van der Waals surface area contributed by atoms with Gasteiger partial charge in [0.25, 0.3) is 10.0 Å². The van der Waals surface area contributed by atoms with E-state index >= 15 is 0 Å². The second kappa shape index (κ2) is 6.82. The predicted octanol–water partition coefficient (Wildman–Crippen LogP) is 2.31. The molecule has 0 amide bonds. The van der Waals surface area contributed by atoms with E-state index in [4.69, 9.17) is 5.73 Å². The molecule has 0 bridgehead atoms. The number of hydrogen-bond donors (Lipinski definition) is 1. The summed E-state index contributed by atoms with van der Waals surface area (Å²) in [5.41, 5.74) is -4.08. The molecule has 1 rings (SSSR count). The summed E-state index contributed by atoms with van der Waals surface area (Å²) in [5.74, 6) is -14.5. The first-order valence-corrected chi connectivity index (χ1v) is 9.40. The fourth-order valence-corrected chi connectivity index (χ4v) is 5.65. The molecule has 0 heterocycles. The van der Waals surface area contributed by atoms with Gasteiger partial charge < -0.3 is 5.73 Å². The predicted molar refractivity (Wildman–Crippen MR) is 73.1 cm³/mol. The molecular weight excluding hydrogens is 440 g/mol. The topological polar surface area (TPSA) is 97.5 Å². The van der Waals surface area contributed by atoms with Gasteiger partial charge in [-0.2, -0.15) is 13.2 Å². The molecule has 1 atom stereocenters. The van der Waals surface area contributed by atoms with Crippen LogP contribution in [0.4, 0.5) is 35.1 Å². The van der Waals surface area contributed by atoms with Crippen LogP contribution >= 0.6 is 0 Å². The maximum absolute atomic E-state index is 13.8. The number of rotatable bonds is 5. The third kappa shape index (κ3) is 3.62. The third-order valence-electron chi connectivity index (χ3n) is 3.29. The van der Waals surface area contributed by atoms with Gasteiger partial charge in [0.05, 0.1) is 5.66 Å². The van der Waals surface area contributed by atoms with Gasteiger partial charge in [-0.1, -0.05) is 10.6 Å². The monoisotopic (exact) mass is 450 g/mol. The Balaban J connectivity index is 4.09. The van der Waals surface area contributed by atoms with E-state index in [0.29, 0.717) is 6.92 Å². The molecule has 1 aromatic carbocycles. The number of hydrogen-bond acceptors (Lipinski definition) is 5. The normalized spacial score (nSPS) is 15.9. The Kier molecular flexibility index (Phi) is 5.94. The van der Waals surface area contributed by atoms with Crippen molar-refractivity contribution in [2.75, 3.05) is 0 Å². The first-order chi connectivity index (χ1) is 11.9. The molecule has 6 nitrogen and oxygen atoms in total. The molecule has 0 aromatic heterocycles. The van der Waals surface area contributed by atoms with Crippen molar-refractivity contribution in [3.05, 3.63) is 29.1 Å². The SMILES string of the molecule is CCC(C)(N)N(S(=O)(=O)c1c(F)c(F)c(F)c(F)c1F)S(=O)(=O)C(F)(F)F. The van der Waals surface area contributed by atoms with Gasteiger partial charge in [-0.3, -0.25) is 0 Å². The Morgan fingerprint density at radius 1 is 0.852 bits per heavy atom. The van der Waals surface area contributed by atoms with Crippen molar-refractivity contribution in [2.45, 2.75) is 36.3 Å². The first-order valence-electron chi connectivity index (χ1n) is 6.52. The Morgan fingerprint density at radius 3 is 1.48 bits per heavy atom. The summed E-state index contributed by atoms with van der Waals surface area (Å²) in [6.07, 6.45) is -0.864. The Hall–Kier alpha value is -1.52. The molecule has 0 fully saturated rings. The van der Waals surface area contributed by atoms with E-state index < -0.39 is 75.3 Å². The number of halogens is 8. The molecular formula is C11H10F8N2O4S2. The van der Waals surface area contributed by atoms with E-state index in [1.807, 2.05) is 0 Å². The molecule has 156 valence electrons. The highest BCUT2D eigenvalue weighted by Gasteiger charge is 2.60. The standard InChI is InChI=1S/C11H10F8N2O4S2/c1-3-10(2,20)21(27(24,25)11(17,18)19)26(22,23)9-7(15)5(13)4(12)6(14)8(9)16/h3,20H2,1-2H3. The van der Waals surface area contributed by atoms with Crippen LogP contribution in [0.15, 0.2) is 4.90 Å². The molecule has 0 saturated heterocycles. The number of alkyl halides is 3. The van der Waals surface area contributed by atoms with E-state index in [2.05, 4.69) is 0 Å². The summed E-state index contributed by atoms with van der Waals surface area (Å²) in [7, 11) is -13.5.